The summed E-state index contributed by atoms with van der Waals surface area (Å²) >= 11 is 3.42. The van der Waals surface area contributed by atoms with Crippen LogP contribution in [0.3, 0.4) is 0 Å². The van der Waals surface area contributed by atoms with E-state index in [1.54, 1.807) is 7.11 Å². The highest BCUT2D eigenvalue weighted by molar-refractivity contribution is 9.10. The van der Waals surface area contributed by atoms with Gasteiger partial charge in [0.25, 0.3) is 0 Å². The van der Waals surface area contributed by atoms with Gasteiger partial charge in [-0.25, -0.2) is 0 Å². The standard InChI is InChI=1S/C13H17BrN2O2/c1-8-5-6-15-12(8)13(17)16-11-7-9(18-2)3-4-10(11)14/h3-4,7-8,12,15H,5-6H2,1-2H3,(H,16,17). The van der Waals surface area contributed by atoms with Gasteiger partial charge in [0.05, 0.1) is 18.8 Å². The van der Waals surface area contributed by atoms with Crippen LogP contribution in [0.2, 0.25) is 0 Å². The topological polar surface area (TPSA) is 50.4 Å². The Morgan fingerprint density at radius 3 is 2.94 bits per heavy atom. The molecule has 2 rings (SSSR count). The van der Waals surface area contributed by atoms with E-state index >= 15 is 0 Å². The molecule has 1 fully saturated rings. The van der Waals surface area contributed by atoms with Crippen molar-refractivity contribution in [3.05, 3.63) is 22.7 Å². The van der Waals surface area contributed by atoms with E-state index in [0.717, 1.165) is 28.9 Å². The molecule has 98 valence electrons. The van der Waals surface area contributed by atoms with Crippen LogP contribution in [0.1, 0.15) is 13.3 Å². The second-order valence-corrected chi connectivity index (χ2v) is 5.39. The summed E-state index contributed by atoms with van der Waals surface area (Å²) in [5.41, 5.74) is 0.736. The lowest BCUT2D eigenvalue weighted by molar-refractivity contribution is -0.118. The molecule has 0 radical (unpaired) electrons. The van der Waals surface area contributed by atoms with E-state index in [1.165, 1.54) is 0 Å². The molecule has 1 aromatic carbocycles. The van der Waals surface area contributed by atoms with E-state index in [4.69, 9.17) is 4.74 Å². The predicted octanol–water partition coefficient (Wildman–Crippen LogP) is 2.39. The Kier molecular flexibility index (Phi) is 4.24. The average molecular weight is 313 g/mol. The van der Waals surface area contributed by atoms with Gasteiger partial charge in [-0.05, 0) is 46.9 Å². The number of anilines is 1. The maximum atomic E-state index is 12.1. The van der Waals surface area contributed by atoms with E-state index in [1.807, 2.05) is 18.2 Å². The summed E-state index contributed by atoms with van der Waals surface area (Å²) in [5, 5.41) is 6.14. The van der Waals surface area contributed by atoms with Crippen LogP contribution in [-0.2, 0) is 4.79 Å². The third kappa shape index (κ3) is 2.84. The van der Waals surface area contributed by atoms with Crippen LogP contribution in [0.15, 0.2) is 22.7 Å². The van der Waals surface area contributed by atoms with Crippen molar-refractivity contribution in [3.63, 3.8) is 0 Å². The van der Waals surface area contributed by atoms with Crippen LogP contribution in [0, 0.1) is 5.92 Å². The van der Waals surface area contributed by atoms with E-state index in [2.05, 4.69) is 33.5 Å². The first kappa shape index (κ1) is 13.4. The maximum absolute atomic E-state index is 12.1. The normalized spacial score (nSPS) is 22.8. The lowest BCUT2D eigenvalue weighted by atomic mass is 10.0. The average Bonchev–Trinajstić information content (AvgIpc) is 2.78. The summed E-state index contributed by atoms with van der Waals surface area (Å²) in [4.78, 5) is 12.1. The fourth-order valence-corrected chi connectivity index (χ4v) is 2.47. The molecule has 0 saturated carbocycles. The number of rotatable bonds is 3. The molecule has 18 heavy (non-hydrogen) atoms. The summed E-state index contributed by atoms with van der Waals surface area (Å²) in [5.74, 6) is 1.10. The number of carbonyl (C=O) groups is 1. The molecule has 5 heteroatoms. The zero-order valence-electron chi connectivity index (χ0n) is 10.5. The summed E-state index contributed by atoms with van der Waals surface area (Å²) in [6.45, 7) is 2.99. The van der Waals surface area contributed by atoms with Gasteiger partial charge in [0.15, 0.2) is 0 Å². The van der Waals surface area contributed by atoms with Crippen LogP contribution in [-0.4, -0.2) is 25.6 Å². The second kappa shape index (κ2) is 5.71. The Bertz CT molecular complexity index is 451. The third-order valence-corrected chi connectivity index (χ3v) is 3.94. The SMILES string of the molecule is COc1ccc(Br)c(NC(=O)C2NCCC2C)c1. The highest BCUT2D eigenvalue weighted by Crippen LogP contribution is 2.28. The molecule has 1 aliphatic rings. The zero-order chi connectivity index (χ0) is 13.1. The van der Waals surface area contributed by atoms with Crippen molar-refractivity contribution in [1.82, 2.24) is 5.32 Å². The van der Waals surface area contributed by atoms with Gasteiger partial charge < -0.3 is 15.4 Å². The molecule has 1 saturated heterocycles. The minimum absolute atomic E-state index is 0.00829. The third-order valence-electron chi connectivity index (χ3n) is 3.25. The number of methoxy groups -OCH3 is 1. The molecular formula is C13H17BrN2O2. The molecular weight excluding hydrogens is 296 g/mol. The van der Waals surface area contributed by atoms with Gasteiger partial charge in [-0.2, -0.15) is 0 Å². The van der Waals surface area contributed by atoms with Crippen molar-refractivity contribution in [2.24, 2.45) is 5.92 Å². The van der Waals surface area contributed by atoms with Gasteiger partial charge in [0, 0.05) is 10.5 Å². The Labute approximate surface area is 115 Å². The van der Waals surface area contributed by atoms with E-state index in [9.17, 15) is 4.79 Å². The largest absolute Gasteiger partial charge is 0.497 e. The van der Waals surface area contributed by atoms with Crippen LogP contribution in [0.5, 0.6) is 5.75 Å². The van der Waals surface area contributed by atoms with Crippen LogP contribution >= 0.6 is 15.9 Å². The number of ether oxygens (including phenoxy) is 1. The van der Waals surface area contributed by atoms with E-state index in [-0.39, 0.29) is 11.9 Å². The number of benzene rings is 1. The molecule has 0 bridgehead atoms. The number of carbonyl (C=O) groups excluding carboxylic acids is 1. The molecule has 1 aromatic rings. The van der Waals surface area contributed by atoms with Gasteiger partial charge >= 0.3 is 0 Å². The lowest BCUT2D eigenvalue weighted by Gasteiger charge is -2.16. The second-order valence-electron chi connectivity index (χ2n) is 4.53. The van der Waals surface area contributed by atoms with Crippen LogP contribution < -0.4 is 15.4 Å². The van der Waals surface area contributed by atoms with Crippen LogP contribution in [0.4, 0.5) is 5.69 Å². The molecule has 1 amide bonds. The number of hydrogen-bond acceptors (Lipinski definition) is 3. The van der Waals surface area contributed by atoms with Crippen molar-refractivity contribution < 1.29 is 9.53 Å². The minimum atomic E-state index is -0.108. The van der Waals surface area contributed by atoms with Gasteiger partial charge in [-0.15, -0.1) is 0 Å². The molecule has 1 aliphatic heterocycles. The summed E-state index contributed by atoms with van der Waals surface area (Å²) in [6, 6.07) is 5.40. The van der Waals surface area contributed by atoms with Crippen molar-refractivity contribution in [2.75, 3.05) is 19.0 Å². The van der Waals surface area contributed by atoms with Crippen molar-refractivity contribution in [3.8, 4) is 5.75 Å². The smallest absolute Gasteiger partial charge is 0.241 e. The Morgan fingerprint density at radius 2 is 2.33 bits per heavy atom. The fraction of sp³-hybridized carbons (Fsp3) is 0.462. The number of halogens is 1. The molecule has 2 atom stereocenters. The Morgan fingerprint density at radius 1 is 1.56 bits per heavy atom. The Balaban J connectivity index is 2.11. The van der Waals surface area contributed by atoms with Gasteiger partial charge in [-0.1, -0.05) is 6.92 Å². The summed E-state index contributed by atoms with van der Waals surface area (Å²) in [7, 11) is 1.61. The van der Waals surface area contributed by atoms with Crippen molar-refractivity contribution in [1.29, 1.82) is 0 Å². The predicted molar refractivity (Wildman–Crippen MR) is 74.9 cm³/mol. The molecule has 2 unspecified atom stereocenters. The molecule has 0 spiro atoms. The highest BCUT2D eigenvalue weighted by Gasteiger charge is 2.29. The maximum Gasteiger partial charge on any atom is 0.241 e. The molecule has 2 N–H and O–H groups in total. The summed E-state index contributed by atoms with van der Waals surface area (Å²) in [6.07, 6.45) is 1.04. The lowest BCUT2D eigenvalue weighted by Crippen LogP contribution is -2.39. The van der Waals surface area contributed by atoms with Gasteiger partial charge in [-0.3, -0.25) is 4.79 Å². The Hall–Kier alpha value is -1.07. The first-order chi connectivity index (χ1) is 8.61. The van der Waals surface area contributed by atoms with E-state index < -0.39 is 0 Å². The number of amides is 1. The van der Waals surface area contributed by atoms with Gasteiger partial charge in [0.1, 0.15) is 5.75 Å². The minimum Gasteiger partial charge on any atom is -0.497 e. The summed E-state index contributed by atoms with van der Waals surface area (Å²) < 4.78 is 6.00. The first-order valence-electron chi connectivity index (χ1n) is 5.99. The quantitative estimate of drug-likeness (QED) is 0.901. The van der Waals surface area contributed by atoms with Crippen LogP contribution in [0.25, 0.3) is 0 Å². The van der Waals surface area contributed by atoms with Crippen molar-refractivity contribution >= 4 is 27.5 Å². The molecule has 4 nitrogen and oxygen atoms in total. The molecule has 1 heterocycles. The first-order valence-corrected chi connectivity index (χ1v) is 6.79. The van der Waals surface area contributed by atoms with E-state index in [0.29, 0.717) is 5.92 Å². The fourth-order valence-electron chi connectivity index (χ4n) is 2.12. The van der Waals surface area contributed by atoms with Gasteiger partial charge in [0.2, 0.25) is 5.91 Å². The molecule has 0 aliphatic carbocycles. The highest BCUT2D eigenvalue weighted by atomic mass is 79.9. The number of nitrogens with one attached hydrogen (secondary N) is 2. The number of hydrogen-bond donors (Lipinski definition) is 2. The molecule has 0 aromatic heterocycles. The van der Waals surface area contributed by atoms with Crippen molar-refractivity contribution in [2.45, 2.75) is 19.4 Å². The monoisotopic (exact) mass is 312 g/mol. The zero-order valence-corrected chi connectivity index (χ0v) is 12.1.